The van der Waals surface area contributed by atoms with Crippen molar-refractivity contribution < 1.29 is 9.53 Å². The number of hydrogen-bond acceptors (Lipinski definition) is 3. The van der Waals surface area contributed by atoms with Crippen LogP contribution in [0.1, 0.15) is 26.7 Å². The molecule has 0 aromatic heterocycles. The third kappa shape index (κ3) is 5.69. The van der Waals surface area contributed by atoms with Gasteiger partial charge in [0.1, 0.15) is 0 Å². The molecule has 0 spiro atoms. The van der Waals surface area contributed by atoms with Crippen LogP contribution < -0.4 is 10.6 Å². The maximum atomic E-state index is 11.4. The fourth-order valence-corrected chi connectivity index (χ4v) is 2.24. The van der Waals surface area contributed by atoms with E-state index in [9.17, 15) is 4.79 Å². The minimum Gasteiger partial charge on any atom is -0.383 e. The van der Waals surface area contributed by atoms with Crippen LogP contribution in [0, 0.1) is 5.92 Å². The van der Waals surface area contributed by atoms with Crippen LogP contribution in [0.25, 0.3) is 0 Å². The number of urea groups is 1. The smallest absolute Gasteiger partial charge is 0.314 e. The lowest BCUT2D eigenvalue weighted by atomic mass is 9.96. The molecule has 18 heavy (non-hydrogen) atoms. The van der Waals surface area contributed by atoms with Gasteiger partial charge >= 0.3 is 6.03 Å². The molecule has 1 aliphatic rings. The highest BCUT2D eigenvalue weighted by Crippen LogP contribution is 2.17. The summed E-state index contributed by atoms with van der Waals surface area (Å²) in [5.74, 6) is 0.619. The fourth-order valence-electron chi connectivity index (χ4n) is 2.24. The van der Waals surface area contributed by atoms with Crippen molar-refractivity contribution in [3.8, 4) is 0 Å². The van der Waals surface area contributed by atoms with Crippen LogP contribution in [-0.4, -0.2) is 56.9 Å². The molecular formula is C13H27N3O2. The van der Waals surface area contributed by atoms with E-state index >= 15 is 0 Å². The highest BCUT2D eigenvalue weighted by Gasteiger charge is 2.20. The Hall–Kier alpha value is -0.810. The molecule has 1 fully saturated rings. The molecule has 1 saturated heterocycles. The third-order valence-corrected chi connectivity index (χ3v) is 3.52. The molecule has 2 amide bonds. The van der Waals surface area contributed by atoms with Gasteiger partial charge in [-0.1, -0.05) is 0 Å². The lowest BCUT2D eigenvalue weighted by Crippen LogP contribution is -2.44. The van der Waals surface area contributed by atoms with E-state index in [1.807, 2.05) is 0 Å². The largest absolute Gasteiger partial charge is 0.383 e. The minimum absolute atomic E-state index is 0.0849. The van der Waals surface area contributed by atoms with E-state index in [0.29, 0.717) is 25.1 Å². The van der Waals surface area contributed by atoms with E-state index in [1.165, 1.54) is 12.8 Å². The molecule has 1 heterocycles. The van der Waals surface area contributed by atoms with Crippen molar-refractivity contribution in [3.63, 3.8) is 0 Å². The number of likely N-dealkylation sites (tertiary alicyclic amines) is 1. The van der Waals surface area contributed by atoms with E-state index in [2.05, 4.69) is 29.4 Å². The van der Waals surface area contributed by atoms with Crippen LogP contribution in [0.2, 0.25) is 0 Å². The summed E-state index contributed by atoms with van der Waals surface area (Å²) in [5, 5.41) is 5.70. The Balaban J connectivity index is 2.08. The first-order valence-corrected chi connectivity index (χ1v) is 6.88. The maximum absolute atomic E-state index is 11.4. The van der Waals surface area contributed by atoms with Gasteiger partial charge in [0.15, 0.2) is 0 Å². The standard InChI is InChI=1S/C13H27N3O2/c1-11(2)16-7-4-12(5-8-16)10-15-13(17)14-6-9-18-3/h11-12H,4-10H2,1-3H3,(H2,14,15,17). The van der Waals surface area contributed by atoms with Crippen LogP contribution in [0.4, 0.5) is 4.79 Å². The number of carbonyl (C=O) groups excluding carboxylic acids is 1. The average molecular weight is 257 g/mol. The van der Waals surface area contributed by atoms with Crippen molar-refractivity contribution in [2.75, 3.05) is 39.9 Å². The average Bonchev–Trinajstić information content (AvgIpc) is 2.37. The van der Waals surface area contributed by atoms with Crippen molar-refractivity contribution in [2.24, 2.45) is 5.92 Å². The van der Waals surface area contributed by atoms with E-state index in [1.54, 1.807) is 7.11 Å². The van der Waals surface area contributed by atoms with Gasteiger partial charge in [0, 0.05) is 26.2 Å². The summed E-state index contributed by atoms with van der Waals surface area (Å²) in [4.78, 5) is 13.9. The fraction of sp³-hybridized carbons (Fsp3) is 0.923. The van der Waals surface area contributed by atoms with Gasteiger partial charge in [-0.15, -0.1) is 0 Å². The van der Waals surface area contributed by atoms with Crippen molar-refractivity contribution in [2.45, 2.75) is 32.7 Å². The number of nitrogens with zero attached hydrogens (tertiary/aromatic N) is 1. The third-order valence-electron chi connectivity index (χ3n) is 3.52. The SMILES string of the molecule is COCCNC(=O)NCC1CCN(C(C)C)CC1. The summed E-state index contributed by atoms with van der Waals surface area (Å²) in [6, 6.07) is 0.551. The minimum atomic E-state index is -0.0849. The first kappa shape index (κ1) is 15.2. The zero-order chi connectivity index (χ0) is 13.4. The predicted molar refractivity (Wildman–Crippen MR) is 72.7 cm³/mol. The molecule has 5 heteroatoms. The van der Waals surface area contributed by atoms with Gasteiger partial charge in [0.25, 0.3) is 0 Å². The Kier molecular flexibility index (Phi) is 7.05. The van der Waals surface area contributed by atoms with Gasteiger partial charge in [-0.25, -0.2) is 4.79 Å². The molecule has 0 bridgehead atoms. The molecule has 0 radical (unpaired) electrons. The van der Waals surface area contributed by atoms with Gasteiger partial charge in [-0.3, -0.25) is 0 Å². The predicted octanol–water partition coefficient (Wildman–Crippen LogP) is 1.05. The second kappa shape index (κ2) is 8.32. The van der Waals surface area contributed by atoms with Crippen molar-refractivity contribution in [1.82, 2.24) is 15.5 Å². The van der Waals surface area contributed by atoms with E-state index < -0.39 is 0 Å². The van der Waals surface area contributed by atoms with E-state index in [0.717, 1.165) is 19.6 Å². The molecule has 0 saturated carbocycles. The molecule has 1 rings (SSSR count). The van der Waals surface area contributed by atoms with Gasteiger partial charge < -0.3 is 20.3 Å². The van der Waals surface area contributed by atoms with Crippen LogP contribution in [0.3, 0.4) is 0 Å². The molecular weight excluding hydrogens is 230 g/mol. The summed E-state index contributed by atoms with van der Waals surface area (Å²) in [5.41, 5.74) is 0. The van der Waals surface area contributed by atoms with E-state index in [4.69, 9.17) is 4.74 Å². The lowest BCUT2D eigenvalue weighted by Gasteiger charge is -2.34. The lowest BCUT2D eigenvalue weighted by molar-refractivity contribution is 0.148. The Morgan fingerprint density at radius 2 is 2.00 bits per heavy atom. The molecule has 2 N–H and O–H groups in total. The summed E-state index contributed by atoms with van der Waals surface area (Å²) >= 11 is 0. The topological polar surface area (TPSA) is 53.6 Å². The zero-order valence-electron chi connectivity index (χ0n) is 11.9. The number of rotatable bonds is 6. The van der Waals surface area contributed by atoms with Crippen molar-refractivity contribution >= 4 is 6.03 Å². The molecule has 0 atom stereocenters. The Morgan fingerprint density at radius 1 is 1.33 bits per heavy atom. The monoisotopic (exact) mass is 257 g/mol. The van der Waals surface area contributed by atoms with Gasteiger partial charge in [-0.2, -0.15) is 0 Å². The highest BCUT2D eigenvalue weighted by molar-refractivity contribution is 5.73. The summed E-state index contributed by atoms with van der Waals surface area (Å²) in [6.45, 7) is 8.67. The number of nitrogens with one attached hydrogen (secondary N) is 2. The molecule has 1 aliphatic heterocycles. The van der Waals surface area contributed by atoms with Crippen LogP contribution in [-0.2, 0) is 4.74 Å². The zero-order valence-corrected chi connectivity index (χ0v) is 11.9. The van der Waals surface area contributed by atoms with Crippen molar-refractivity contribution in [1.29, 1.82) is 0 Å². The van der Waals surface area contributed by atoms with E-state index in [-0.39, 0.29) is 6.03 Å². The molecule has 106 valence electrons. The van der Waals surface area contributed by atoms with Gasteiger partial charge in [0.05, 0.1) is 6.61 Å². The number of carbonyl (C=O) groups is 1. The maximum Gasteiger partial charge on any atom is 0.314 e. The summed E-state index contributed by atoms with van der Waals surface area (Å²) in [7, 11) is 1.63. The first-order chi connectivity index (χ1) is 8.63. The molecule has 0 aliphatic carbocycles. The Morgan fingerprint density at radius 3 is 2.56 bits per heavy atom. The quantitative estimate of drug-likeness (QED) is 0.699. The summed E-state index contributed by atoms with van der Waals surface area (Å²) in [6.07, 6.45) is 2.35. The number of amides is 2. The first-order valence-electron chi connectivity index (χ1n) is 6.88. The molecule has 5 nitrogen and oxygen atoms in total. The van der Waals surface area contributed by atoms with Crippen molar-refractivity contribution in [3.05, 3.63) is 0 Å². The second-order valence-corrected chi connectivity index (χ2v) is 5.20. The van der Waals surface area contributed by atoms with Crippen LogP contribution in [0.5, 0.6) is 0 Å². The number of hydrogen-bond donors (Lipinski definition) is 2. The number of methoxy groups -OCH3 is 1. The molecule has 0 aromatic carbocycles. The normalized spacial score (nSPS) is 18.0. The number of piperidine rings is 1. The number of ether oxygens (including phenoxy) is 1. The van der Waals surface area contributed by atoms with Gasteiger partial charge in [0.2, 0.25) is 0 Å². The second-order valence-electron chi connectivity index (χ2n) is 5.20. The Bertz CT molecular complexity index is 238. The van der Waals surface area contributed by atoms with Crippen LogP contribution >= 0.6 is 0 Å². The van der Waals surface area contributed by atoms with Crippen LogP contribution in [0.15, 0.2) is 0 Å². The molecule has 0 aromatic rings. The molecule has 0 unspecified atom stereocenters. The van der Waals surface area contributed by atoms with Gasteiger partial charge in [-0.05, 0) is 45.7 Å². The highest BCUT2D eigenvalue weighted by atomic mass is 16.5. The Labute approximate surface area is 110 Å². The summed E-state index contributed by atoms with van der Waals surface area (Å²) < 4.78 is 4.87.